The van der Waals surface area contributed by atoms with Gasteiger partial charge in [0.2, 0.25) is 5.69 Å². The first kappa shape index (κ1) is 12.7. The average Bonchev–Trinajstić information content (AvgIpc) is 2.70. The number of ether oxygens (including phenoxy) is 1. The van der Waals surface area contributed by atoms with Crippen molar-refractivity contribution in [3.05, 3.63) is 63.8 Å². The molecule has 5 heteroatoms. The SMILES string of the molecule is COc1ccccc1C1=[N+]([O-])c2cc(Cl)ccc2C1=O. The van der Waals surface area contributed by atoms with Crippen LogP contribution >= 0.6 is 11.6 Å². The summed E-state index contributed by atoms with van der Waals surface area (Å²) in [5, 5.41) is 12.8. The number of nitrogens with zero attached hydrogens (tertiary/aromatic N) is 1. The van der Waals surface area contributed by atoms with E-state index in [9.17, 15) is 10.0 Å². The standard InChI is InChI=1S/C15H10ClNO3/c1-20-13-5-3-2-4-11(13)14-15(18)10-7-6-9(16)8-12(10)17(14)19/h2-8H,1H3. The van der Waals surface area contributed by atoms with Crippen LogP contribution in [0.2, 0.25) is 5.02 Å². The first-order valence-corrected chi connectivity index (χ1v) is 6.33. The number of carbonyl (C=O) groups is 1. The Balaban J connectivity index is 2.23. The number of para-hydroxylation sites is 1. The number of halogens is 1. The molecule has 1 heterocycles. The zero-order chi connectivity index (χ0) is 14.3. The van der Waals surface area contributed by atoms with E-state index in [0.717, 1.165) is 0 Å². The molecule has 100 valence electrons. The van der Waals surface area contributed by atoms with Gasteiger partial charge in [-0.05, 0) is 24.3 Å². The summed E-state index contributed by atoms with van der Waals surface area (Å²) in [6.45, 7) is 0. The monoisotopic (exact) mass is 287 g/mol. The third-order valence-corrected chi connectivity index (χ3v) is 3.44. The molecule has 0 spiro atoms. The van der Waals surface area contributed by atoms with Gasteiger partial charge >= 0.3 is 0 Å². The minimum atomic E-state index is -0.323. The Labute approximate surface area is 120 Å². The summed E-state index contributed by atoms with van der Waals surface area (Å²) in [4.78, 5) is 12.4. The maximum atomic E-state index is 12.4. The Morgan fingerprint density at radius 2 is 1.90 bits per heavy atom. The molecule has 0 saturated carbocycles. The highest BCUT2D eigenvalue weighted by Crippen LogP contribution is 2.32. The summed E-state index contributed by atoms with van der Waals surface area (Å²) in [7, 11) is 1.50. The van der Waals surface area contributed by atoms with Crippen LogP contribution in [0.25, 0.3) is 0 Å². The summed E-state index contributed by atoms with van der Waals surface area (Å²) in [6, 6.07) is 11.6. The summed E-state index contributed by atoms with van der Waals surface area (Å²) in [5.41, 5.74) is 1.15. The zero-order valence-electron chi connectivity index (χ0n) is 10.6. The van der Waals surface area contributed by atoms with Crippen LogP contribution in [0, 0.1) is 5.21 Å². The maximum Gasteiger partial charge on any atom is 0.276 e. The lowest BCUT2D eigenvalue weighted by molar-refractivity contribution is -0.355. The highest BCUT2D eigenvalue weighted by molar-refractivity contribution is 6.52. The number of rotatable bonds is 2. The molecule has 0 amide bonds. The van der Waals surface area contributed by atoms with Crippen molar-refractivity contribution in [2.45, 2.75) is 0 Å². The van der Waals surface area contributed by atoms with Crippen LogP contribution < -0.4 is 4.74 Å². The molecule has 0 bridgehead atoms. The van der Waals surface area contributed by atoms with Gasteiger partial charge in [0.25, 0.3) is 11.5 Å². The van der Waals surface area contributed by atoms with Crippen LogP contribution in [0.1, 0.15) is 15.9 Å². The van der Waals surface area contributed by atoms with Gasteiger partial charge < -0.3 is 9.94 Å². The van der Waals surface area contributed by atoms with Crippen LogP contribution in [0.15, 0.2) is 42.5 Å². The molecule has 1 aliphatic rings. The van der Waals surface area contributed by atoms with Gasteiger partial charge in [-0.3, -0.25) is 4.79 Å². The fourth-order valence-electron chi connectivity index (χ4n) is 2.28. The van der Waals surface area contributed by atoms with E-state index in [2.05, 4.69) is 0 Å². The van der Waals surface area contributed by atoms with E-state index in [0.29, 0.717) is 26.6 Å². The quantitative estimate of drug-likeness (QED) is 0.630. The molecule has 0 atom stereocenters. The van der Waals surface area contributed by atoms with Crippen LogP contribution in [0.4, 0.5) is 5.69 Å². The Morgan fingerprint density at radius 1 is 1.15 bits per heavy atom. The van der Waals surface area contributed by atoms with E-state index < -0.39 is 0 Å². The van der Waals surface area contributed by atoms with E-state index in [4.69, 9.17) is 16.3 Å². The molecule has 2 aromatic rings. The Bertz CT molecular complexity index is 753. The Morgan fingerprint density at radius 3 is 2.65 bits per heavy atom. The molecule has 1 aliphatic heterocycles. The van der Waals surface area contributed by atoms with Crippen molar-refractivity contribution >= 4 is 28.8 Å². The van der Waals surface area contributed by atoms with E-state index >= 15 is 0 Å². The van der Waals surface area contributed by atoms with Crippen molar-refractivity contribution in [2.75, 3.05) is 7.11 Å². The van der Waals surface area contributed by atoms with Crippen LogP contribution in [-0.2, 0) is 0 Å². The molecule has 0 aromatic heterocycles. The van der Waals surface area contributed by atoms with Crippen molar-refractivity contribution in [1.82, 2.24) is 0 Å². The molecule has 0 saturated heterocycles. The van der Waals surface area contributed by atoms with E-state index in [-0.39, 0.29) is 17.2 Å². The lowest BCUT2D eigenvalue weighted by atomic mass is 10.0. The first-order chi connectivity index (χ1) is 9.63. The van der Waals surface area contributed by atoms with Crippen molar-refractivity contribution in [2.24, 2.45) is 0 Å². The lowest BCUT2D eigenvalue weighted by Crippen LogP contribution is -2.17. The summed E-state index contributed by atoms with van der Waals surface area (Å²) < 4.78 is 5.82. The molecular weight excluding hydrogens is 278 g/mol. The molecule has 2 aromatic carbocycles. The largest absolute Gasteiger partial charge is 0.618 e. The van der Waals surface area contributed by atoms with Gasteiger partial charge in [-0.15, -0.1) is 0 Å². The van der Waals surface area contributed by atoms with Crippen LogP contribution in [0.3, 0.4) is 0 Å². The fourth-order valence-corrected chi connectivity index (χ4v) is 2.44. The second-order valence-corrected chi connectivity index (χ2v) is 4.77. The third kappa shape index (κ3) is 1.77. The van der Waals surface area contributed by atoms with Gasteiger partial charge in [-0.2, -0.15) is 4.74 Å². The average molecular weight is 288 g/mol. The lowest BCUT2D eigenvalue weighted by Gasteiger charge is -2.06. The van der Waals surface area contributed by atoms with Gasteiger partial charge in [-0.25, -0.2) is 0 Å². The van der Waals surface area contributed by atoms with E-state index in [1.807, 2.05) is 0 Å². The van der Waals surface area contributed by atoms with Crippen molar-refractivity contribution in [3.8, 4) is 5.75 Å². The number of methoxy groups -OCH3 is 1. The fraction of sp³-hybridized carbons (Fsp3) is 0.0667. The van der Waals surface area contributed by atoms with E-state index in [1.165, 1.54) is 13.2 Å². The molecule has 3 rings (SSSR count). The predicted octanol–water partition coefficient (Wildman–Crippen LogP) is 3.18. The molecule has 4 nitrogen and oxygen atoms in total. The van der Waals surface area contributed by atoms with Gasteiger partial charge in [0, 0.05) is 11.1 Å². The number of ketones is 1. The van der Waals surface area contributed by atoms with Crippen molar-refractivity contribution in [3.63, 3.8) is 0 Å². The maximum absolute atomic E-state index is 12.4. The number of hydrogen-bond acceptors (Lipinski definition) is 3. The Hall–Kier alpha value is -2.33. The third-order valence-electron chi connectivity index (χ3n) is 3.20. The van der Waals surface area contributed by atoms with Crippen molar-refractivity contribution in [1.29, 1.82) is 0 Å². The second-order valence-electron chi connectivity index (χ2n) is 4.33. The van der Waals surface area contributed by atoms with Crippen LogP contribution in [0.5, 0.6) is 5.75 Å². The first-order valence-electron chi connectivity index (χ1n) is 5.95. The second kappa shape index (κ2) is 4.65. The zero-order valence-corrected chi connectivity index (χ0v) is 11.3. The normalized spacial score (nSPS) is 13.6. The Kier molecular flexibility index (Phi) is 2.95. The highest BCUT2D eigenvalue weighted by atomic mass is 35.5. The number of carbonyl (C=O) groups excluding carboxylic acids is 1. The minimum absolute atomic E-state index is 0.0553. The molecule has 0 radical (unpaired) electrons. The summed E-state index contributed by atoms with van der Waals surface area (Å²) >= 11 is 5.88. The minimum Gasteiger partial charge on any atom is -0.618 e. The van der Waals surface area contributed by atoms with Gasteiger partial charge in [0.1, 0.15) is 11.3 Å². The number of Topliss-reactive ketones (excluding diaryl/α,β-unsaturated/α-hetero) is 1. The number of benzene rings is 2. The van der Waals surface area contributed by atoms with Crippen LogP contribution in [-0.4, -0.2) is 23.3 Å². The summed E-state index contributed by atoms with van der Waals surface area (Å²) in [6.07, 6.45) is 0. The predicted molar refractivity (Wildman–Crippen MR) is 76.2 cm³/mol. The summed E-state index contributed by atoms with van der Waals surface area (Å²) in [5.74, 6) is 0.159. The smallest absolute Gasteiger partial charge is 0.276 e. The molecule has 0 unspecified atom stereocenters. The molecule has 20 heavy (non-hydrogen) atoms. The number of hydrogen-bond donors (Lipinski definition) is 0. The van der Waals surface area contributed by atoms with Crippen molar-refractivity contribution < 1.29 is 14.3 Å². The highest BCUT2D eigenvalue weighted by Gasteiger charge is 2.38. The van der Waals surface area contributed by atoms with Gasteiger partial charge in [-0.1, -0.05) is 23.7 Å². The molecular formula is C15H10ClNO3. The molecule has 0 aliphatic carbocycles. The topological polar surface area (TPSA) is 52.4 Å². The molecule has 0 N–H and O–H groups in total. The molecule has 0 fully saturated rings. The van der Waals surface area contributed by atoms with Gasteiger partial charge in [0.05, 0.1) is 12.7 Å². The number of fused-ring (bicyclic) bond motifs is 1. The van der Waals surface area contributed by atoms with Gasteiger partial charge in [0.15, 0.2) is 0 Å². The van der Waals surface area contributed by atoms with E-state index in [1.54, 1.807) is 36.4 Å².